The number of nitrogens with zero attached hydrogens (tertiary/aromatic N) is 6. The molecule has 0 spiro atoms. The molecule has 2 saturated heterocycles. The Kier molecular flexibility index (Phi) is 19.3. The summed E-state index contributed by atoms with van der Waals surface area (Å²) in [5.74, 6) is -10.8. The monoisotopic (exact) mass is 800 g/mol. The van der Waals surface area contributed by atoms with E-state index in [9.17, 15) is 67.7 Å². The number of alkyl halides is 2. The molecule has 3 amide bonds. The Morgan fingerprint density at radius 1 is 0.732 bits per heavy atom. The number of amides is 3. The third-order valence-electron chi connectivity index (χ3n) is 9.54. The SMILES string of the molecule is CC(C)[C@H](CC(=O)CNC(=O)CCC(=O)CN1CCN(CC(=O)O)CCN(CC(=O)O)CCN(CC(=O)O)CC1)C(=O)N[C@H](C)C(=O)N1CC(F)(F)C[C@H]1C#N. The van der Waals surface area contributed by atoms with E-state index < -0.39 is 84.8 Å². The van der Waals surface area contributed by atoms with Crippen molar-refractivity contribution >= 4 is 47.2 Å². The topological polar surface area (TPSA) is 261 Å². The molecule has 5 N–H and O–H groups in total. The second kappa shape index (κ2) is 22.8. The highest BCUT2D eigenvalue weighted by Gasteiger charge is 2.48. The summed E-state index contributed by atoms with van der Waals surface area (Å²) in [6.07, 6.45) is -1.57. The van der Waals surface area contributed by atoms with Gasteiger partial charge < -0.3 is 30.9 Å². The lowest BCUT2D eigenvalue weighted by Gasteiger charge is -2.32. The Balaban J connectivity index is 1.92. The lowest BCUT2D eigenvalue weighted by atomic mass is 9.89. The zero-order valence-electron chi connectivity index (χ0n) is 32.1. The van der Waals surface area contributed by atoms with Crippen LogP contribution in [0.5, 0.6) is 0 Å². The highest BCUT2D eigenvalue weighted by Crippen LogP contribution is 2.32. The first-order chi connectivity index (χ1) is 26.2. The van der Waals surface area contributed by atoms with Gasteiger partial charge in [-0.1, -0.05) is 13.8 Å². The number of carboxylic acid groups (broad SMARTS) is 3. The number of nitriles is 1. The molecule has 314 valence electrons. The van der Waals surface area contributed by atoms with Crippen LogP contribution in [0.25, 0.3) is 0 Å². The Hall–Kier alpha value is -4.65. The minimum absolute atomic E-state index is 0.122. The van der Waals surface area contributed by atoms with E-state index in [1.165, 1.54) is 6.92 Å². The number of carbonyl (C=O) groups excluding carboxylic acids is 5. The summed E-state index contributed by atoms with van der Waals surface area (Å²) in [6, 6.07) is -0.907. The van der Waals surface area contributed by atoms with Gasteiger partial charge in [0.1, 0.15) is 17.9 Å². The van der Waals surface area contributed by atoms with Crippen LogP contribution in [-0.4, -0.2) is 197 Å². The van der Waals surface area contributed by atoms with Crippen molar-refractivity contribution in [2.24, 2.45) is 11.8 Å². The Labute approximate surface area is 323 Å². The van der Waals surface area contributed by atoms with Crippen molar-refractivity contribution in [1.29, 1.82) is 5.26 Å². The molecular formula is C35H54F2N8O11. The van der Waals surface area contributed by atoms with Crippen molar-refractivity contribution in [2.75, 3.05) is 91.6 Å². The fraction of sp³-hybridized carbons (Fsp3) is 0.743. The van der Waals surface area contributed by atoms with Gasteiger partial charge in [0.2, 0.25) is 17.7 Å². The van der Waals surface area contributed by atoms with Crippen molar-refractivity contribution in [3.63, 3.8) is 0 Å². The van der Waals surface area contributed by atoms with Gasteiger partial charge in [-0.15, -0.1) is 0 Å². The number of carboxylic acids is 3. The van der Waals surface area contributed by atoms with E-state index in [0.29, 0.717) is 0 Å². The first kappa shape index (κ1) is 47.5. The van der Waals surface area contributed by atoms with Crippen molar-refractivity contribution < 1.29 is 62.5 Å². The first-order valence-electron chi connectivity index (χ1n) is 18.4. The van der Waals surface area contributed by atoms with E-state index in [1.54, 1.807) is 39.5 Å². The van der Waals surface area contributed by atoms with Crippen molar-refractivity contribution in [3.05, 3.63) is 0 Å². The van der Waals surface area contributed by atoms with E-state index in [4.69, 9.17) is 0 Å². The number of hydrogen-bond acceptors (Lipinski definition) is 13. The maximum absolute atomic E-state index is 13.8. The summed E-state index contributed by atoms with van der Waals surface area (Å²) in [6.45, 7) is 3.93. The number of carbonyl (C=O) groups is 8. The zero-order chi connectivity index (χ0) is 42.2. The average molecular weight is 801 g/mol. The van der Waals surface area contributed by atoms with Crippen LogP contribution >= 0.6 is 0 Å². The molecule has 0 aromatic carbocycles. The molecule has 0 aromatic rings. The molecule has 0 unspecified atom stereocenters. The van der Waals surface area contributed by atoms with E-state index in [-0.39, 0.29) is 110 Å². The quantitative estimate of drug-likeness (QED) is 0.0988. The van der Waals surface area contributed by atoms with Crippen LogP contribution in [-0.2, 0) is 38.4 Å². The smallest absolute Gasteiger partial charge is 0.317 e. The minimum Gasteiger partial charge on any atom is -0.480 e. The molecule has 21 heteroatoms. The maximum atomic E-state index is 13.8. The van der Waals surface area contributed by atoms with Crippen LogP contribution in [0, 0.1) is 23.2 Å². The molecule has 19 nitrogen and oxygen atoms in total. The second-order valence-electron chi connectivity index (χ2n) is 14.6. The predicted molar refractivity (Wildman–Crippen MR) is 192 cm³/mol. The summed E-state index contributed by atoms with van der Waals surface area (Å²) in [4.78, 5) is 106. The molecule has 0 radical (unpaired) electrons. The number of rotatable bonds is 19. The van der Waals surface area contributed by atoms with Gasteiger partial charge in [-0.05, 0) is 12.8 Å². The van der Waals surface area contributed by atoms with Crippen LogP contribution in [0.15, 0.2) is 0 Å². The number of nitrogens with one attached hydrogen (secondary N) is 2. The van der Waals surface area contributed by atoms with E-state index in [2.05, 4.69) is 10.6 Å². The van der Waals surface area contributed by atoms with Gasteiger partial charge in [-0.25, -0.2) is 8.78 Å². The number of halogens is 2. The Bertz CT molecular complexity index is 1440. The molecule has 3 atom stereocenters. The summed E-state index contributed by atoms with van der Waals surface area (Å²) in [5, 5.41) is 42.2. The lowest BCUT2D eigenvalue weighted by Crippen LogP contribution is -2.50. The van der Waals surface area contributed by atoms with Gasteiger partial charge in [-0.3, -0.25) is 58.0 Å². The van der Waals surface area contributed by atoms with Gasteiger partial charge in [0.05, 0.1) is 45.3 Å². The Morgan fingerprint density at radius 3 is 1.59 bits per heavy atom. The molecule has 2 fully saturated rings. The summed E-state index contributed by atoms with van der Waals surface area (Å²) in [5.41, 5.74) is 0. The van der Waals surface area contributed by atoms with E-state index in [1.807, 2.05) is 0 Å². The number of Topliss-reactive ketones (excluding diaryl/α,β-unsaturated/α-hetero) is 2. The molecular weight excluding hydrogens is 746 g/mol. The maximum Gasteiger partial charge on any atom is 0.317 e. The third kappa shape index (κ3) is 17.4. The molecule has 0 bridgehead atoms. The molecule has 0 aliphatic carbocycles. The number of likely N-dealkylation sites (tertiary alicyclic amines) is 1. The molecule has 0 aromatic heterocycles. The zero-order valence-corrected chi connectivity index (χ0v) is 32.1. The van der Waals surface area contributed by atoms with E-state index >= 15 is 0 Å². The highest BCUT2D eigenvalue weighted by atomic mass is 19.3. The molecule has 2 aliphatic rings. The van der Waals surface area contributed by atoms with Crippen LogP contribution in [0.1, 0.15) is 46.5 Å². The van der Waals surface area contributed by atoms with Crippen LogP contribution in [0.4, 0.5) is 8.78 Å². The second-order valence-corrected chi connectivity index (χ2v) is 14.6. The fourth-order valence-electron chi connectivity index (χ4n) is 6.40. The summed E-state index contributed by atoms with van der Waals surface area (Å²) in [7, 11) is 0. The highest BCUT2D eigenvalue weighted by molar-refractivity contribution is 5.93. The van der Waals surface area contributed by atoms with Crippen LogP contribution < -0.4 is 10.6 Å². The van der Waals surface area contributed by atoms with Crippen molar-refractivity contribution in [3.8, 4) is 6.07 Å². The van der Waals surface area contributed by atoms with Gasteiger partial charge >= 0.3 is 17.9 Å². The standard InChI is InChI=1S/C35H54F2N8O11/c1-23(2)28(33(55)40-24(3)34(56)45-22-35(36,37)15-25(45)16-38)14-27(47)17-39-29(48)5-4-26(46)18-41-6-8-42(19-30(49)50)10-12-44(21-32(53)54)13-11-43(9-7-41)20-31(51)52/h23-25,28H,4-15,17-22H2,1-3H3,(H,39,48)(H,40,55)(H,49,50)(H,51,52)(H,53,54)/t24-,25+,28+/m1/s1. The van der Waals surface area contributed by atoms with Crippen LogP contribution in [0.2, 0.25) is 0 Å². The normalized spacial score (nSPS) is 20.2. The molecule has 2 heterocycles. The largest absolute Gasteiger partial charge is 0.480 e. The summed E-state index contributed by atoms with van der Waals surface area (Å²) >= 11 is 0. The number of hydrogen-bond donors (Lipinski definition) is 5. The summed E-state index contributed by atoms with van der Waals surface area (Å²) < 4.78 is 27.7. The van der Waals surface area contributed by atoms with Gasteiger partial charge in [-0.2, -0.15) is 5.26 Å². The molecule has 2 rings (SSSR count). The minimum atomic E-state index is -3.23. The Morgan fingerprint density at radius 2 is 1.18 bits per heavy atom. The lowest BCUT2D eigenvalue weighted by molar-refractivity contribution is -0.140. The third-order valence-corrected chi connectivity index (χ3v) is 9.54. The van der Waals surface area contributed by atoms with Crippen LogP contribution in [0.3, 0.4) is 0 Å². The first-order valence-corrected chi connectivity index (χ1v) is 18.4. The average Bonchev–Trinajstić information content (AvgIpc) is 3.42. The molecule has 2 aliphatic heterocycles. The van der Waals surface area contributed by atoms with Gasteiger partial charge in [0.15, 0.2) is 5.78 Å². The molecule has 0 saturated carbocycles. The predicted octanol–water partition coefficient (Wildman–Crippen LogP) is -1.58. The van der Waals surface area contributed by atoms with Crippen molar-refractivity contribution in [2.45, 2.75) is 64.5 Å². The van der Waals surface area contributed by atoms with E-state index in [0.717, 1.165) is 4.90 Å². The van der Waals surface area contributed by atoms with Gasteiger partial charge in [0, 0.05) is 84.0 Å². The van der Waals surface area contributed by atoms with Gasteiger partial charge in [0.25, 0.3) is 5.92 Å². The fourth-order valence-corrected chi connectivity index (χ4v) is 6.40. The molecule has 56 heavy (non-hydrogen) atoms. The number of aliphatic carboxylic acids is 3. The number of ketones is 2. The van der Waals surface area contributed by atoms with Crippen molar-refractivity contribution in [1.82, 2.24) is 35.1 Å².